The van der Waals surface area contributed by atoms with Gasteiger partial charge < -0.3 is 19.1 Å². The number of carbonyl (C=O) groups excluding carboxylic acids is 2. The zero-order valence-corrected chi connectivity index (χ0v) is 17.6. The van der Waals surface area contributed by atoms with E-state index < -0.39 is 11.5 Å². The highest BCUT2D eigenvalue weighted by Gasteiger charge is 2.43. The maximum atomic E-state index is 12.9. The number of methoxy groups -OCH3 is 2. The van der Waals surface area contributed by atoms with Crippen LogP contribution in [0.2, 0.25) is 0 Å². The van der Waals surface area contributed by atoms with Crippen molar-refractivity contribution in [3.8, 4) is 11.5 Å². The topological polar surface area (TPSA) is 78.0 Å². The van der Waals surface area contributed by atoms with E-state index in [4.69, 9.17) is 14.2 Å². The Kier molecular flexibility index (Phi) is 7.75. The fraction of sp³-hybridized carbons (Fsp3) is 0.261. The lowest BCUT2D eigenvalue weighted by Crippen LogP contribution is -2.51. The minimum Gasteiger partial charge on any atom is -0.493 e. The van der Waals surface area contributed by atoms with Gasteiger partial charge in [0.1, 0.15) is 6.61 Å². The number of rotatable bonds is 9. The van der Waals surface area contributed by atoms with Gasteiger partial charge >= 0.3 is 5.97 Å². The van der Waals surface area contributed by atoms with Crippen LogP contribution in [-0.4, -0.2) is 49.6 Å². The molecular weight excluding hydrogens is 384 g/mol. The van der Waals surface area contributed by atoms with Crippen LogP contribution in [0.3, 0.4) is 0 Å². The molecule has 2 rings (SSSR count). The summed E-state index contributed by atoms with van der Waals surface area (Å²) < 4.78 is 15.8. The summed E-state index contributed by atoms with van der Waals surface area (Å²) in [7, 11) is 4.35. The van der Waals surface area contributed by atoms with Crippen molar-refractivity contribution < 1.29 is 23.8 Å². The van der Waals surface area contributed by atoms with Gasteiger partial charge in [0, 0.05) is 19.3 Å². The number of carbonyl (C=O) groups is 2. The molecule has 0 bridgehead atoms. The summed E-state index contributed by atoms with van der Waals surface area (Å²) in [6.45, 7) is 5.57. The third-order valence-corrected chi connectivity index (χ3v) is 4.71. The minimum atomic E-state index is -1.38. The molecule has 7 heteroatoms. The first kappa shape index (κ1) is 22.7. The standard InChI is InChI=1S/C23H26N2O5/c1-6-15-30-18-12-10-17(16-19(18)28-4)11-13-21(26)25(3)23(2,22(27)29-5)20-9-7-8-14-24-20/h6-14,16H,1,15H2,2-5H3/b13-11+. The predicted octanol–water partition coefficient (Wildman–Crippen LogP) is 3.22. The maximum absolute atomic E-state index is 12.9. The number of likely N-dealkylation sites (N-methyl/N-ethyl adjacent to an activating group) is 1. The van der Waals surface area contributed by atoms with Gasteiger partial charge in [-0.3, -0.25) is 9.78 Å². The number of nitrogens with zero attached hydrogens (tertiary/aromatic N) is 2. The number of aromatic nitrogens is 1. The van der Waals surface area contributed by atoms with E-state index in [9.17, 15) is 9.59 Å². The molecule has 2 aromatic rings. The number of hydrogen-bond donors (Lipinski definition) is 0. The van der Waals surface area contributed by atoms with Gasteiger partial charge in [-0.1, -0.05) is 24.8 Å². The van der Waals surface area contributed by atoms with Crippen LogP contribution in [0.5, 0.6) is 11.5 Å². The molecule has 0 aliphatic carbocycles. The molecule has 0 saturated heterocycles. The number of pyridine rings is 1. The summed E-state index contributed by atoms with van der Waals surface area (Å²) in [6, 6.07) is 10.5. The minimum absolute atomic E-state index is 0.356. The molecule has 1 aromatic heterocycles. The summed E-state index contributed by atoms with van der Waals surface area (Å²) in [5.74, 6) is 0.134. The average molecular weight is 410 g/mol. The fourth-order valence-corrected chi connectivity index (χ4v) is 2.82. The molecule has 0 saturated carbocycles. The molecule has 1 aromatic carbocycles. The lowest BCUT2D eigenvalue weighted by Gasteiger charge is -2.35. The van der Waals surface area contributed by atoms with Crippen LogP contribution in [-0.2, 0) is 19.9 Å². The Balaban J connectivity index is 2.27. The number of benzene rings is 1. The monoisotopic (exact) mass is 410 g/mol. The molecule has 1 unspecified atom stereocenters. The van der Waals surface area contributed by atoms with Crippen molar-refractivity contribution >= 4 is 18.0 Å². The van der Waals surface area contributed by atoms with Crippen molar-refractivity contribution in [2.24, 2.45) is 0 Å². The molecule has 0 fully saturated rings. The van der Waals surface area contributed by atoms with Crippen molar-refractivity contribution in [1.82, 2.24) is 9.88 Å². The van der Waals surface area contributed by atoms with Crippen molar-refractivity contribution in [1.29, 1.82) is 0 Å². The van der Waals surface area contributed by atoms with Crippen molar-refractivity contribution in [3.63, 3.8) is 0 Å². The largest absolute Gasteiger partial charge is 0.493 e. The molecule has 0 aliphatic rings. The van der Waals surface area contributed by atoms with E-state index in [-0.39, 0.29) is 5.91 Å². The summed E-state index contributed by atoms with van der Waals surface area (Å²) in [5.41, 5.74) is -0.235. The van der Waals surface area contributed by atoms with Gasteiger partial charge in [0.15, 0.2) is 17.0 Å². The molecule has 7 nitrogen and oxygen atoms in total. The van der Waals surface area contributed by atoms with E-state index in [1.54, 1.807) is 61.7 Å². The molecule has 158 valence electrons. The van der Waals surface area contributed by atoms with Gasteiger partial charge in [-0.05, 0) is 42.8 Å². The zero-order chi connectivity index (χ0) is 22.1. The Morgan fingerprint density at radius 2 is 1.97 bits per heavy atom. The molecule has 0 aliphatic heterocycles. The number of amides is 1. The predicted molar refractivity (Wildman–Crippen MR) is 114 cm³/mol. The second-order valence-corrected chi connectivity index (χ2v) is 6.52. The molecule has 0 radical (unpaired) electrons. The first-order valence-electron chi connectivity index (χ1n) is 9.26. The Hall–Kier alpha value is -3.61. The van der Waals surface area contributed by atoms with Crippen LogP contribution in [0.15, 0.2) is 61.3 Å². The zero-order valence-electron chi connectivity index (χ0n) is 17.6. The van der Waals surface area contributed by atoms with Crippen LogP contribution in [0, 0.1) is 0 Å². The lowest BCUT2D eigenvalue weighted by atomic mass is 9.94. The quantitative estimate of drug-likeness (QED) is 0.359. The second kappa shape index (κ2) is 10.2. The molecule has 1 amide bonds. The van der Waals surface area contributed by atoms with Crippen molar-refractivity contribution in [3.05, 3.63) is 72.6 Å². The lowest BCUT2D eigenvalue weighted by molar-refractivity contribution is -0.159. The number of hydrogen-bond acceptors (Lipinski definition) is 6. The van der Waals surface area contributed by atoms with Gasteiger partial charge in [0.25, 0.3) is 0 Å². The first-order valence-corrected chi connectivity index (χ1v) is 9.26. The van der Waals surface area contributed by atoms with E-state index in [1.807, 2.05) is 0 Å². The number of esters is 1. The average Bonchev–Trinajstić information content (AvgIpc) is 2.80. The van der Waals surface area contributed by atoms with Gasteiger partial charge in [0.2, 0.25) is 5.91 Å². The summed E-state index contributed by atoms with van der Waals surface area (Å²) in [4.78, 5) is 30.9. The van der Waals surface area contributed by atoms with Crippen LogP contribution >= 0.6 is 0 Å². The highest BCUT2D eigenvalue weighted by atomic mass is 16.5. The van der Waals surface area contributed by atoms with Gasteiger partial charge in [0.05, 0.1) is 19.9 Å². The summed E-state index contributed by atoms with van der Waals surface area (Å²) in [6.07, 6.45) is 6.21. The van der Waals surface area contributed by atoms with Gasteiger partial charge in [-0.2, -0.15) is 0 Å². The van der Waals surface area contributed by atoms with Crippen LogP contribution in [0.25, 0.3) is 6.08 Å². The fourth-order valence-electron chi connectivity index (χ4n) is 2.82. The first-order chi connectivity index (χ1) is 14.4. The molecular formula is C23H26N2O5. The van der Waals surface area contributed by atoms with E-state index in [0.29, 0.717) is 23.8 Å². The summed E-state index contributed by atoms with van der Waals surface area (Å²) in [5, 5.41) is 0. The molecule has 0 spiro atoms. The van der Waals surface area contributed by atoms with E-state index in [2.05, 4.69) is 11.6 Å². The van der Waals surface area contributed by atoms with Crippen LogP contribution < -0.4 is 9.47 Å². The molecule has 30 heavy (non-hydrogen) atoms. The van der Waals surface area contributed by atoms with Crippen molar-refractivity contribution in [2.45, 2.75) is 12.5 Å². The number of ether oxygens (including phenoxy) is 3. The highest BCUT2D eigenvalue weighted by molar-refractivity contribution is 5.96. The van der Waals surface area contributed by atoms with E-state index in [1.165, 1.54) is 32.2 Å². The Morgan fingerprint density at radius 3 is 2.57 bits per heavy atom. The third kappa shape index (κ3) is 4.86. The smallest absolute Gasteiger partial charge is 0.337 e. The molecule has 1 atom stereocenters. The van der Waals surface area contributed by atoms with Gasteiger partial charge in [-0.15, -0.1) is 0 Å². The Labute approximate surface area is 176 Å². The van der Waals surface area contributed by atoms with Crippen LogP contribution in [0.4, 0.5) is 0 Å². The third-order valence-electron chi connectivity index (χ3n) is 4.71. The second-order valence-electron chi connectivity index (χ2n) is 6.52. The Morgan fingerprint density at radius 1 is 1.20 bits per heavy atom. The SMILES string of the molecule is C=CCOc1ccc(/C=C/C(=O)N(C)C(C)(C(=O)OC)c2ccccn2)cc1OC. The Bertz CT molecular complexity index is 926. The highest BCUT2D eigenvalue weighted by Crippen LogP contribution is 2.30. The normalized spacial score (nSPS) is 12.7. The van der Waals surface area contributed by atoms with E-state index in [0.717, 1.165) is 5.56 Å². The maximum Gasteiger partial charge on any atom is 0.337 e. The van der Waals surface area contributed by atoms with E-state index >= 15 is 0 Å². The van der Waals surface area contributed by atoms with Crippen molar-refractivity contribution in [2.75, 3.05) is 27.9 Å². The summed E-state index contributed by atoms with van der Waals surface area (Å²) >= 11 is 0. The van der Waals surface area contributed by atoms with Crippen LogP contribution in [0.1, 0.15) is 18.2 Å². The molecule has 0 N–H and O–H groups in total. The van der Waals surface area contributed by atoms with Gasteiger partial charge in [-0.25, -0.2) is 4.79 Å². The molecule has 1 heterocycles.